The van der Waals surface area contributed by atoms with Crippen molar-refractivity contribution in [3.63, 3.8) is 0 Å². The van der Waals surface area contributed by atoms with Crippen molar-refractivity contribution in [1.29, 1.82) is 0 Å². The molecule has 2 heterocycles. The molecular weight excluding hydrogens is 554 g/mol. The molecule has 230 valence electrons. The number of thiol groups is 1. The monoisotopic (exact) mass is 599 g/mol. The summed E-state index contributed by atoms with van der Waals surface area (Å²) in [7, 11) is 1.60. The number of aryl methyl sites for hydroxylation is 1. The van der Waals surface area contributed by atoms with E-state index in [1.807, 2.05) is 37.4 Å². The third-order valence-corrected chi connectivity index (χ3v) is 9.31. The number of aromatic nitrogens is 2. The number of methoxy groups -OCH3 is 1. The van der Waals surface area contributed by atoms with E-state index < -0.39 is 17.5 Å². The van der Waals surface area contributed by atoms with Crippen molar-refractivity contribution >= 4 is 30.7 Å². The highest BCUT2D eigenvalue weighted by atomic mass is 32.1. The number of rotatable bonds is 12. The molecule has 1 aromatic carbocycles. The summed E-state index contributed by atoms with van der Waals surface area (Å²) >= 11 is 4.55. The average Bonchev–Trinajstić information content (AvgIpc) is 3.56. The highest BCUT2D eigenvalue weighted by Crippen LogP contribution is 2.47. The minimum atomic E-state index is -0.821. The number of carbonyl (C=O) groups excluding carboxylic acids is 3. The number of nitrogens with one attached hydrogen (secondary N) is 2. The van der Waals surface area contributed by atoms with E-state index >= 15 is 0 Å². The van der Waals surface area contributed by atoms with Gasteiger partial charge in [0.2, 0.25) is 5.91 Å². The highest BCUT2D eigenvalue weighted by molar-refractivity contribution is 7.78. The summed E-state index contributed by atoms with van der Waals surface area (Å²) < 4.78 is 12.1. The second-order valence-corrected chi connectivity index (χ2v) is 11.8. The summed E-state index contributed by atoms with van der Waals surface area (Å²) in [6.45, 7) is 3.52. The fourth-order valence-electron chi connectivity index (χ4n) is 6.42. The minimum absolute atomic E-state index is 0.121. The van der Waals surface area contributed by atoms with Crippen LogP contribution in [0.15, 0.2) is 36.8 Å². The lowest BCUT2D eigenvalue weighted by atomic mass is 9.63. The van der Waals surface area contributed by atoms with Gasteiger partial charge in [0.25, 0.3) is 0 Å². The largest absolute Gasteiger partial charge is 0.497 e. The number of likely N-dealkylation sites (tertiary alicyclic amines) is 1. The first-order valence-corrected chi connectivity index (χ1v) is 15.6. The van der Waals surface area contributed by atoms with Crippen molar-refractivity contribution in [1.82, 2.24) is 24.5 Å². The van der Waals surface area contributed by atoms with Crippen LogP contribution >= 0.6 is 12.8 Å². The molecule has 0 radical (unpaired) electrons. The molecular formula is C31H45N5O5S. The molecule has 3 amide bonds. The molecule has 2 aliphatic rings. The van der Waals surface area contributed by atoms with Gasteiger partial charge >= 0.3 is 12.0 Å². The maximum atomic E-state index is 14.0. The van der Waals surface area contributed by atoms with E-state index in [0.29, 0.717) is 57.7 Å². The first kappa shape index (κ1) is 31.7. The van der Waals surface area contributed by atoms with Crippen LogP contribution in [0.2, 0.25) is 0 Å². The fourth-order valence-corrected chi connectivity index (χ4v) is 6.68. The zero-order valence-electron chi connectivity index (χ0n) is 24.8. The Morgan fingerprint density at radius 2 is 1.88 bits per heavy atom. The highest BCUT2D eigenvalue weighted by Gasteiger charge is 2.49. The lowest BCUT2D eigenvalue weighted by Crippen LogP contribution is -2.56. The Morgan fingerprint density at radius 1 is 1.17 bits per heavy atom. The van der Waals surface area contributed by atoms with Gasteiger partial charge in [0.1, 0.15) is 11.8 Å². The minimum Gasteiger partial charge on any atom is -0.497 e. The molecule has 1 aliphatic heterocycles. The van der Waals surface area contributed by atoms with Gasteiger partial charge in [-0.15, -0.1) is 0 Å². The fraction of sp³-hybridized carbons (Fsp3) is 0.613. The van der Waals surface area contributed by atoms with Crippen LogP contribution in [-0.2, 0) is 27.2 Å². The maximum Gasteiger partial charge on any atom is 0.327 e. The van der Waals surface area contributed by atoms with Crippen molar-refractivity contribution < 1.29 is 23.9 Å². The number of amides is 3. The molecule has 2 aromatic rings. The summed E-state index contributed by atoms with van der Waals surface area (Å²) in [6.07, 6.45) is 11.9. The zero-order valence-corrected chi connectivity index (χ0v) is 25.7. The standard InChI is InChI=1S/C31H45N5O5S/c1-3-41-29(38)31(24-8-5-4-6-9-24)15-18-35(19-16-31)28(37)27(20-23-11-13-26(40-2)14-12-23)36(42)30(39)33-17-7-10-25-21-32-22-34-25/h11-14,21-22,24,27,42H,3-10,15-20H2,1-2H3,(H,32,34)(H,33,39)/t27-/m1/s1. The topological polar surface area (TPSA) is 117 Å². The molecule has 4 rings (SSSR count). The Kier molecular flexibility index (Phi) is 11.6. The lowest BCUT2D eigenvalue weighted by molar-refractivity contribution is -0.166. The Morgan fingerprint density at radius 3 is 2.50 bits per heavy atom. The van der Waals surface area contributed by atoms with Crippen molar-refractivity contribution in [3.8, 4) is 5.75 Å². The predicted octanol–water partition coefficient (Wildman–Crippen LogP) is 4.57. The molecule has 0 bridgehead atoms. The number of nitrogens with zero attached hydrogens (tertiary/aromatic N) is 3. The summed E-state index contributed by atoms with van der Waals surface area (Å²) in [5, 5.41) is 2.89. The van der Waals surface area contributed by atoms with Crippen LogP contribution in [0.4, 0.5) is 4.79 Å². The molecule has 11 heteroatoms. The van der Waals surface area contributed by atoms with Crippen LogP contribution in [-0.4, -0.2) is 76.5 Å². The van der Waals surface area contributed by atoms with Gasteiger partial charge in [-0.3, -0.25) is 13.9 Å². The van der Waals surface area contributed by atoms with E-state index in [-0.39, 0.29) is 17.8 Å². The summed E-state index contributed by atoms with van der Waals surface area (Å²) in [6, 6.07) is 6.23. The van der Waals surface area contributed by atoms with Gasteiger partial charge in [-0.05, 0) is 69.1 Å². The Labute approximate surface area is 254 Å². The number of esters is 1. The molecule has 1 aromatic heterocycles. The molecule has 10 nitrogen and oxygen atoms in total. The molecule has 42 heavy (non-hydrogen) atoms. The number of carbonyl (C=O) groups is 3. The maximum absolute atomic E-state index is 14.0. The number of hydrogen-bond acceptors (Lipinski definition) is 7. The molecule has 0 spiro atoms. The number of ether oxygens (including phenoxy) is 2. The van der Waals surface area contributed by atoms with Crippen molar-refractivity contribution in [2.45, 2.75) is 77.2 Å². The third kappa shape index (κ3) is 7.79. The Bertz CT molecular complexity index is 1140. The lowest BCUT2D eigenvalue weighted by Gasteiger charge is -2.46. The van der Waals surface area contributed by atoms with Crippen molar-refractivity contribution in [3.05, 3.63) is 48.0 Å². The van der Waals surface area contributed by atoms with Crippen LogP contribution < -0.4 is 10.1 Å². The van der Waals surface area contributed by atoms with Gasteiger partial charge in [-0.2, -0.15) is 0 Å². The second kappa shape index (κ2) is 15.3. The van der Waals surface area contributed by atoms with E-state index in [1.54, 1.807) is 18.3 Å². The van der Waals surface area contributed by atoms with E-state index in [9.17, 15) is 14.4 Å². The second-order valence-electron chi connectivity index (χ2n) is 11.3. The molecule has 1 atom stereocenters. The van der Waals surface area contributed by atoms with Crippen LogP contribution in [0.25, 0.3) is 0 Å². The zero-order chi connectivity index (χ0) is 30.0. The normalized spacial score (nSPS) is 17.7. The molecule has 2 N–H and O–H groups in total. The Balaban J connectivity index is 1.45. The average molecular weight is 600 g/mol. The molecule has 1 saturated carbocycles. The Hall–Kier alpha value is -3.21. The van der Waals surface area contributed by atoms with E-state index in [2.05, 4.69) is 28.1 Å². The number of urea groups is 1. The number of imidazole rings is 1. The van der Waals surface area contributed by atoms with Gasteiger partial charge in [0.05, 0.1) is 31.2 Å². The van der Waals surface area contributed by atoms with E-state index in [1.165, 1.54) is 10.7 Å². The predicted molar refractivity (Wildman–Crippen MR) is 163 cm³/mol. The van der Waals surface area contributed by atoms with Gasteiger partial charge in [0, 0.05) is 32.3 Å². The quantitative estimate of drug-likeness (QED) is 0.187. The smallest absolute Gasteiger partial charge is 0.327 e. The van der Waals surface area contributed by atoms with Gasteiger partial charge in [0.15, 0.2) is 0 Å². The van der Waals surface area contributed by atoms with E-state index in [4.69, 9.17) is 9.47 Å². The van der Waals surface area contributed by atoms with Gasteiger partial charge < -0.3 is 24.7 Å². The molecule has 0 unspecified atom stereocenters. The number of benzene rings is 1. The first-order valence-electron chi connectivity index (χ1n) is 15.2. The molecule has 1 saturated heterocycles. The van der Waals surface area contributed by atoms with Crippen LogP contribution in [0, 0.1) is 11.3 Å². The molecule has 1 aliphatic carbocycles. The van der Waals surface area contributed by atoms with E-state index in [0.717, 1.165) is 43.4 Å². The number of hydrogen-bond donors (Lipinski definition) is 3. The molecule has 2 fully saturated rings. The summed E-state index contributed by atoms with van der Waals surface area (Å²) in [4.78, 5) is 49.4. The van der Waals surface area contributed by atoms with Crippen LogP contribution in [0.1, 0.15) is 69.5 Å². The number of H-pyrrole nitrogens is 1. The first-order chi connectivity index (χ1) is 20.4. The number of piperidine rings is 1. The van der Waals surface area contributed by atoms with Gasteiger partial charge in [-0.1, -0.05) is 44.2 Å². The van der Waals surface area contributed by atoms with Crippen molar-refractivity contribution in [2.75, 3.05) is 33.4 Å². The SMILES string of the molecule is CCOC(=O)C1(C2CCCCC2)CCN(C(=O)[C@@H](Cc2ccc(OC)cc2)N(S)C(=O)NCCCc2c[nH]cn2)CC1. The third-order valence-electron chi connectivity index (χ3n) is 8.85. The number of aromatic amines is 1. The van der Waals surface area contributed by atoms with Crippen LogP contribution in [0.5, 0.6) is 5.75 Å². The summed E-state index contributed by atoms with van der Waals surface area (Å²) in [5.41, 5.74) is 1.27. The van der Waals surface area contributed by atoms with Crippen LogP contribution in [0.3, 0.4) is 0 Å². The van der Waals surface area contributed by atoms with Crippen molar-refractivity contribution in [2.24, 2.45) is 11.3 Å². The van der Waals surface area contributed by atoms with Gasteiger partial charge in [-0.25, -0.2) is 9.78 Å². The summed E-state index contributed by atoms with van der Waals surface area (Å²) in [5.74, 6) is 0.705.